The Morgan fingerprint density at radius 1 is 1.00 bits per heavy atom. The molecule has 0 unspecified atom stereocenters. The second-order valence-corrected chi connectivity index (χ2v) is 8.74. The molecule has 1 N–H and O–H groups in total. The number of ether oxygens (including phenoxy) is 1. The highest BCUT2D eigenvalue weighted by molar-refractivity contribution is 7.98. The average Bonchev–Trinajstić information content (AvgIpc) is 3.61. The predicted octanol–water partition coefficient (Wildman–Crippen LogP) is 5.15. The lowest BCUT2D eigenvalue weighted by Gasteiger charge is -2.12. The summed E-state index contributed by atoms with van der Waals surface area (Å²) in [5.41, 5.74) is 3.39. The van der Waals surface area contributed by atoms with E-state index < -0.39 is 0 Å². The predicted molar refractivity (Wildman–Crippen MR) is 137 cm³/mol. The van der Waals surface area contributed by atoms with Gasteiger partial charge in [0.1, 0.15) is 5.75 Å². The number of pyridine rings is 1. The first-order chi connectivity index (χ1) is 17.7. The van der Waals surface area contributed by atoms with Crippen LogP contribution in [0, 0.1) is 0 Å². The molecule has 36 heavy (non-hydrogen) atoms. The maximum absolute atomic E-state index is 13.0. The largest absolute Gasteiger partial charge is 0.497 e. The van der Waals surface area contributed by atoms with Crippen molar-refractivity contribution in [1.82, 2.24) is 25.1 Å². The average molecular weight is 498 g/mol. The minimum atomic E-state index is -0.129. The fourth-order valence-corrected chi connectivity index (χ4v) is 4.64. The van der Waals surface area contributed by atoms with E-state index in [4.69, 9.17) is 9.15 Å². The van der Waals surface area contributed by atoms with E-state index in [2.05, 4.69) is 20.5 Å². The van der Waals surface area contributed by atoms with Crippen LogP contribution in [0.2, 0.25) is 0 Å². The first-order valence-corrected chi connectivity index (χ1v) is 12.2. The van der Waals surface area contributed by atoms with E-state index in [1.807, 2.05) is 77.4 Å². The number of hydrogen-bond acceptors (Lipinski definition) is 7. The molecule has 0 saturated carbocycles. The Hall–Kier alpha value is -4.37. The Morgan fingerprint density at radius 3 is 2.56 bits per heavy atom. The van der Waals surface area contributed by atoms with E-state index in [0.29, 0.717) is 34.6 Å². The van der Waals surface area contributed by atoms with Crippen molar-refractivity contribution in [2.75, 3.05) is 7.11 Å². The van der Waals surface area contributed by atoms with Crippen molar-refractivity contribution >= 4 is 17.7 Å². The van der Waals surface area contributed by atoms with Crippen LogP contribution >= 0.6 is 11.8 Å². The number of methoxy groups -OCH3 is 1. The van der Waals surface area contributed by atoms with Gasteiger partial charge in [-0.2, -0.15) is 0 Å². The molecule has 180 valence electrons. The van der Waals surface area contributed by atoms with Crippen LogP contribution in [-0.2, 0) is 12.3 Å². The first-order valence-electron chi connectivity index (χ1n) is 11.2. The van der Waals surface area contributed by atoms with Gasteiger partial charge in [-0.25, -0.2) is 0 Å². The van der Waals surface area contributed by atoms with E-state index in [-0.39, 0.29) is 5.91 Å². The number of nitrogens with one attached hydrogen (secondary N) is 1. The normalized spacial score (nSPS) is 10.8. The van der Waals surface area contributed by atoms with Crippen molar-refractivity contribution in [2.45, 2.75) is 17.5 Å². The van der Waals surface area contributed by atoms with Gasteiger partial charge in [-0.1, -0.05) is 30.0 Å². The maximum atomic E-state index is 13.0. The molecule has 0 bridgehead atoms. The third kappa shape index (κ3) is 5.16. The van der Waals surface area contributed by atoms with Crippen LogP contribution in [0.4, 0.5) is 0 Å². The van der Waals surface area contributed by atoms with Crippen molar-refractivity contribution < 1.29 is 13.9 Å². The zero-order valence-electron chi connectivity index (χ0n) is 19.5. The summed E-state index contributed by atoms with van der Waals surface area (Å²) in [6.45, 7) is 0.432. The number of hydrogen-bond donors (Lipinski definition) is 1. The second kappa shape index (κ2) is 10.9. The van der Waals surface area contributed by atoms with E-state index in [1.165, 1.54) is 11.8 Å². The molecule has 0 fully saturated rings. The summed E-state index contributed by atoms with van der Waals surface area (Å²) in [6.07, 6.45) is 5.03. The molecule has 0 spiro atoms. The highest BCUT2D eigenvalue weighted by Crippen LogP contribution is 2.31. The van der Waals surface area contributed by atoms with Gasteiger partial charge in [0.15, 0.2) is 10.9 Å². The standard InChI is InChI=1S/C27H23N5O3S/c1-34-22-10-8-21(9-11-22)32-25(24-7-4-16-35-24)30-31-27(32)36-18-20-5-2-3-6-23(20)26(33)29-17-19-12-14-28-15-13-19/h2-16H,17-18H2,1H3,(H,29,33). The van der Waals surface area contributed by atoms with Gasteiger partial charge in [0.2, 0.25) is 5.82 Å². The molecule has 9 heteroatoms. The third-order valence-corrected chi connectivity index (χ3v) is 6.50. The molecule has 3 heterocycles. The first kappa shape index (κ1) is 23.4. The summed E-state index contributed by atoms with van der Waals surface area (Å²) in [5.74, 6) is 2.37. The van der Waals surface area contributed by atoms with Crippen LogP contribution in [0.15, 0.2) is 101 Å². The van der Waals surface area contributed by atoms with Gasteiger partial charge < -0.3 is 14.5 Å². The van der Waals surface area contributed by atoms with Crippen LogP contribution in [0.3, 0.4) is 0 Å². The number of rotatable bonds is 9. The van der Waals surface area contributed by atoms with Crippen molar-refractivity contribution in [3.05, 3.63) is 108 Å². The van der Waals surface area contributed by atoms with Gasteiger partial charge in [-0.15, -0.1) is 10.2 Å². The zero-order chi connectivity index (χ0) is 24.7. The summed E-state index contributed by atoms with van der Waals surface area (Å²) in [5, 5.41) is 12.5. The lowest BCUT2D eigenvalue weighted by atomic mass is 10.1. The van der Waals surface area contributed by atoms with Gasteiger partial charge in [-0.05, 0) is 65.7 Å². The molecule has 0 aliphatic carbocycles. The number of carbonyl (C=O) groups is 1. The molecular formula is C27H23N5O3S. The SMILES string of the molecule is COc1ccc(-n2c(SCc3ccccc3C(=O)NCc3ccncc3)nnc2-c2ccco2)cc1. The molecule has 5 aromatic rings. The van der Waals surface area contributed by atoms with E-state index in [1.54, 1.807) is 25.8 Å². The summed E-state index contributed by atoms with van der Waals surface area (Å²) < 4.78 is 12.8. The van der Waals surface area contributed by atoms with Gasteiger partial charge in [0.05, 0.1) is 19.1 Å². The molecule has 8 nitrogen and oxygen atoms in total. The number of thioether (sulfide) groups is 1. The monoisotopic (exact) mass is 497 g/mol. The molecule has 0 aliphatic heterocycles. The van der Waals surface area contributed by atoms with Crippen LogP contribution < -0.4 is 10.1 Å². The van der Waals surface area contributed by atoms with Crippen LogP contribution in [0.5, 0.6) is 5.75 Å². The highest BCUT2D eigenvalue weighted by atomic mass is 32.2. The van der Waals surface area contributed by atoms with E-state index in [9.17, 15) is 4.79 Å². The van der Waals surface area contributed by atoms with Gasteiger partial charge in [-0.3, -0.25) is 14.3 Å². The molecule has 2 aromatic carbocycles. The Labute approximate surface area is 212 Å². The summed E-state index contributed by atoms with van der Waals surface area (Å²) in [7, 11) is 1.63. The molecule has 1 amide bonds. The van der Waals surface area contributed by atoms with Crippen LogP contribution in [0.25, 0.3) is 17.3 Å². The summed E-state index contributed by atoms with van der Waals surface area (Å²) >= 11 is 1.50. The quantitative estimate of drug-likeness (QED) is 0.281. The minimum absolute atomic E-state index is 0.129. The molecular weight excluding hydrogens is 474 g/mol. The summed E-state index contributed by atoms with van der Waals surface area (Å²) in [6, 6.07) is 22.7. The van der Waals surface area contributed by atoms with Crippen molar-refractivity contribution in [3.8, 4) is 23.0 Å². The molecule has 3 aromatic heterocycles. The van der Waals surface area contributed by atoms with Gasteiger partial charge >= 0.3 is 0 Å². The van der Waals surface area contributed by atoms with Gasteiger partial charge in [0.25, 0.3) is 5.91 Å². The number of amides is 1. The van der Waals surface area contributed by atoms with Crippen molar-refractivity contribution in [1.29, 1.82) is 0 Å². The number of furan rings is 1. The van der Waals surface area contributed by atoms with Gasteiger partial charge in [0, 0.05) is 30.3 Å². The number of aromatic nitrogens is 4. The fraction of sp³-hybridized carbons (Fsp3) is 0.111. The minimum Gasteiger partial charge on any atom is -0.497 e. The van der Waals surface area contributed by atoms with E-state index >= 15 is 0 Å². The van der Waals surface area contributed by atoms with E-state index in [0.717, 1.165) is 22.6 Å². The Balaban J connectivity index is 1.39. The van der Waals surface area contributed by atoms with Crippen molar-refractivity contribution in [2.24, 2.45) is 0 Å². The number of nitrogens with zero attached hydrogens (tertiary/aromatic N) is 4. The highest BCUT2D eigenvalue weighted by Gasteiger charge is 2.19. The Bertz CT molecular complexity index is 1430. The Kier molecular flexibility index (Phi) is 7.09. The van der Waals surface area contributed by atoms with Crippen molar-refractivity contribution in [3.63, 3.8) is 0 Å². The molecule has 0 aliphatic rings. The second-order valence-electron chi connectivity index (χ2n) is 7.80. The lowest BCUT2D eigenvalue weighted by molar-refractivity contribution is 0.0950. The third-order valence-electron chi connectivity index (χ3n) is 5.53. The molecule has 0 saturated heterocycles. The Morgan fingerprint density at radius 2 is 1.81 bits per heavy atom. The topological polar surface area (TPSA) is 95.1 Å². The maximum Gasteiger partial charge on any atom is 0.251 e. The fourth-order valence-electron chi connectivity index (χ4n) is 3.68. The number of benzene rings is 2. The molecule has 0 radical (unpaired) electrons. The summed E-state index contributed by atoms with van der Waals surface area (Å²) in [4.78, 5) is 17.0. The van der Waals surface area contributed by atoms with Crippen LogP contribution in [0.1, 0.15) is 21.5 Å². The smallest absolute Gasteiger partial charge is 0.251 e. The zero-order valence-corrected chi connectivity index (χ0v) is 20.3. The molecule has 0 atom stereocenters. The van der Waals surface area contributed by atoms with Crippen LogP contribution in [-0.4, -0.2) is 32.8 Å². The molecule has 5 rings (SSSR count). The lowest BCUT2D eigenvalue weighted by Crippen LogP contribution is -2.23. The number of carbonyl (C=O) groups excluding carboxylic acids is 1.